The number of anilines is 1. The lowest BCUT2D eigenvalue weighted by Gasteiger charge is -2.15. The van der Waals surface area contributed by atoms with Crippen LogP contribution in [0, 0.1) is 0 Å². The summed E-state index contributed by atoms with van der Waals surface area (Å²) in [6, 6.07) is 9.08. The maximum absolute atomic E-state index is 4.96. The average Bonchev–Trinajstić information content (AvgIpc) is 3.02. The summed E-state index contributed by atoms with van der Waals surface area (Å²) in [6.45, 7) is 5.36. The van der Waals surface area contributed by atoms with Crippen LogP contribution in [0.25, 0.3) is 10.9 Å². The number of rotatable bonds is 5. The molecule has 0 atom stereocenters. The van der Waals surface area contributed by atoms with Crippen LogP contribution in [-0.2, 0) is 6.42 Å². The van der Waals surface area contributed by atoms with E-state index in [-0.39, 0.29) is 0 Å². The highest BCUT2D eigenvalue weighted by Crippen LogP contribution is 2.36. The lowest BCUT2D eigenvalue weighted by atomic mass is 10.00. The highest BCUT2D eigenvalue weighted by molar-refractivity contribution is 5.92. The predicted molar refractivity (Wildman–Crippen MR) is 91.1 cm³/mol. The van der Waals surface area contributed by atoms with Gasteiger partial charge in [0, 0.05) is 29.2 Å². The smallest absolute Gasteiger partial charge is 0.0726 e. The van der Waals surface area contributed by atoms with Crippen LogP contribution in [0.1, 0.15) is 63.1 Å². The average molecular weight is 282 g/mol. The fourth-order valence-corrected chi connectivity index (χ4v) is 3.51. The first kappa shape index (κ1) is 14.4. The molecule has 2 nitrogen and oxygen atoms in total. The molecule has 0 aliphatic heterocycles. The van der Waals surface area contributed by atoms with Crippen molar-refractivity contribution in [2.24, 2.45) is 0 Å². The Balaban J connectivity index is 2.06. The number of pyridine rings is 1. The topological polar surface area (TPSA) is 24.9 Å². The third-order valence-electron chi connectivity index (χ3n) is 4.57. The van der Waals surface area contributed by atoms with Crippen LogP contribution in [0.3, 0.4) is 0 Å². The minimum atomic E-state index is 0.669. The van der Waals surface area contributed by atoms with Gasteiger partial charge < -0.3 is 5.32 Å². The first-order valence-corrected chi connectivity index (χ1v) is 8.49. The summed E-state index contributed by atoms with van der Waals surface area (Å²) in [7, 11) is 0. The second-order valence-corrected chi connectivity index (χ2v) is 6.21. The molecule has 3 rings (SSSR count). The van der Waals surface area contributed by atoms with Gasteiger partial charge in [0.2, 0.25) is 0 Å². The van der Waals surface area contributed by atoms with E-state index in [0.717, 1.165) is 18.5 Å². The van der Waals surface area contributed by atoms with Gasteiger partial charge in [-0.1, -0.05) is 32.3 Å². The minimum Gasteiger partial charge on any atom is -0.385 e. The van der Waals surface area contributed by atoms with E-state index in [1.54, 1.807) is 0 Å². The number of aromatic nitrogens is 1. The van der Waals surface area contributed by atoms with Crippen LogP contribution < -0.4 is 5.32 Å². The first-order chi connectivity index (χ1) is 10.3. The number of hydrogen-bond acceptors (Lipinski definition) is 2. The quantitative estimate of drug-likeness (QED) is 0.807. The van der Waals surface area contributed by atoms with Crippen molar-refractivity contribution in [3.05, 3.63) is 35.5 Å². The van der Waals surface area contributed by atoms with Gasteiger partial charge in [-0.2, -0.15) is 0 Å². The maximum Gasteiger partial charge on any atom is 0.0726 e. The van der Waals surface area contributed by atoms with E-state index in [4.69, 9.17) is 4.98 Å². The SMILES string of the molecule is CCCc1ccc2nc(C3CCCC3)cc(NCC)c2c1. The first-order valence-electron chi connectivity index (χ1n) is 8.49. The van der Waals surface area contributed by atoms with Crippen molar-refractivity contribution in [2.75, 3.05) is 11.9 Å². The standard InChI is InChI=1S/C19H26N2/c1-3-7-14-10-11-17-16(12-14)19(20-4-2)13-18(21-17)15-8-5-6-9-15/h10-13,15H,3-9H2,1-2H3,(H,20,21). The zero-order valence-electron chi connectivity index (χ0n) is 13.3. The van der Waals surface area contributed by atoms with Gasteiger partial charge in [0.1, 0.15) is 0 Å². The number of hydrogen-bond donors (Lipinski definition) is 1. The normalized spacial score (nSPS) is 15.7. The van der Waals surface area contributed by atoms with Crippen LogP contribution in [-0.4, -0.2) is 11.5 Å². The van der Waals surface area contributed by atoms with Crippen LogP contribution in [0.15, 0.2) is 24.3 Å². The third kappa shape index (κ3) is 3.04. The van der Waals surface area contributed by atoms with E-state index in [1.807, 2.05) is 0 Å². The summed E-state index contributed by atoms with van der Waals surface area (Å²) in [4.78, 5) is 4.96. The molecule has 1 saturated carbocycles. The molecule has 2 heteroatoms. The Kier molecular flexibility index (Phi) is 4.42. The van der Waals surface area contributed by atoms with Crippen LogP contribution >= 0.6 is 0 Å². The van der Waals surface area contributed by atoms with E-state index in [9.17, 15) is 0 Å². The molecule has 112 valence electrons. The van der Waals surface area contributed by atoms with E-state index >= 15 is 0 Å². The second-order valence-electron chi connectivity index (χ2n) is 6.21. The zero-order chi connectivity index (χ0) is 14.7. The van der Waals surface area contributed by atoms with Gasteiger partial charge in [0.25, 0.3) is 0 Å². The molecular formula is C19H26N2. The lowest BCUT2D eigenvalue weighted by Crippen LogP contribution is -2.03. The van der Waals surface area contributed by atoms with Crippen molar-refractivity contribution in [3.8, 4) is 0 Å². The highest BCUT2D eigenvalue weighted by atomic mass is 14.9. The molecule has 0 spiro atoms. The summed E-state index contributed by atoms with van der Waals surface area (Å²) in [5.41, 5.74) is 5.12. The van der Waals surface area contributed by atoms with Crippen molar-refractivity contribution >= 4 is 16.6 Å². The Bertz CT molecular complexity index is 612. The van der Waals surface area contributed by atoms with E-state index < -0.39 is 0 Å². The third-order valence-corrected chi connectivity index (χ3v) is 4.57. The molecule has 1 aliphatic rings. The van der Waals surface area contributed by atoms with E-state index in [0.29, 0.717) is 5.92 Å². The molecule has 1 N–H and O–H groups in total. The van der Waals surface area contributed by atoms with E-state index in [2.05, 4.69) is 43.4 Å². The Morgan fingerprint density at radius 2 is 1.95 bits per heavy atom. The van der Waals surface area contributed by atoms with Crippen molar-refractivity contribution in [3.63, 3.8) is 0 Å². The fourth-order valence-electron chi connectivity index (χ4n) is 3.51. The Morgan fingerprint density at radius 3 is 2.67 bits per heavy atom. The van der Waals surface area contributed by atoms with Gasteiger partial charge in [-0.15, -0.1) is 0 Å². The molecule has 2 aromatic rings. The fraction of sp³-hybridized carbons (Fsp3) is 0.526. The minimum absolute atomic E-state index is 0.669. The molecule has 0 saturated heterocycles. The maximum atomic E-state index is 4.96. The molecule has 1 aliphatic carbocycles. The summed E-state index contributed by atoms with van der Waals surface area (Å²) >= 11 is 0. The molecule has 21 heavy (non-hydrogen) atoms. The molecule has 1 heterocycles. The van der Waals surface area contributed by atoms with Gasteiger partial charge in [-0.05, 0) is 49.9 Å². The van der Waals surface area contributed by atoms with Crippen molar-refractivity contribution < 1.29 is 0 Å². The Hall–Kier alpha value is -1.57. The number of benzene rings is 1. The predicted octanol–water partition coefficient (Wildman–Crippen LogP) is 5.28. The number of nitrogens with one attached hydrogen (secondary N) is 1. The zero-order valence-corrected chi connectivity index (χ0v) is 13.3. The van der Waals surface area contributed by atoms with Crippen LogP contribution in [0.5, 0.6) is 0 Å². The molecule has 0 unspecified atom stereocenters. The Labute approximate surface area is 128 Å². The number of fused-ring (bicyclic) bond motifs is 1. The number of nitrogens with zero attached hydrogens (tertiary/aromatic N) is 1. The Morgan fingerprint density at radius 1 is 1.14 bits per heavy atom. The highest BCUT2D eigenvalue weighted by Gasteiger charge is 2.19. The van der Waals surface area contributed by atoms with Gasteiger partial charge >= 0.3 is 0 Å². The van der Waals surface area contributed by atoms with Crippen molar-refractivity contribution in [2.45, 2.75) is 58.3 Å². The second kappa shape index (κ2) is 6.46. The molecule has 0 amide bonds. The van der Waals surface area contributed by atoms with Crippen LogP contribution in [0.2, 0.25) is 0 Å². The van der Waals surface area contributed by atoms with Gasteiger partial charge in [-0.25, -0.2) is 0 Å². The molecular weight excluding hydrogens is 256 g/mol. The molecule has 0 bridgehead atoms. The summed E-state index contributed by atoms with van der Waals surface area (Å²) in [6.07, 6.45) is 7.66. The van der Waals surface area contributed by atoms with Crippen molar-refractivity contribution in [1.29, 1.82) is 0 Å². The largest absolute Gasteiger partial charge is 0.385 e. The molecule has 1 fully saturated rings. The summed E-state index contributed by atoms with van der Waals surface area (Å²) < 4.78 is 0. The molecule has 0 radical (unpaired) electrons. The van der Waals surface area contributed by atoms with Crippen molar-refractivity contribution in [1.82, 2.24) is 4.98 Å². The molecule has 1 aromatic carbocycles. The van der Waals surface area contributed by atoms with Gasteiger partial charge in [0.05, 0.1) is 5.52 Å². The lowest BCUT2D eigenvalue weighted by molar-refractivity contribution is 0.701. The van der Waals surface area contributed by atoms with E-state index in [1.165, 1.54) is 54.4 Å². The summed E-state index contributed by atoms with van der Waals surface area (Å²) in [5.74, 6) is 0.669. The van der Waals surface area contributed by atoms with Gasteiger partial charge in [0.15, 0.2) is 0 Å². The number of aryl methyl sites for hydroxylation is 1. The van der Waals surface area contributed by atoms with Gasteiger partial charge in [-0.3, -0.25) is 4.98 Å². The van der Waals surface area contributed by atoms with Crippen LogP contribution in [0.4, 0.5) is 5.69 Å². The molecule has 1 aromatic heterocycles. The summed E-state index contributed by atoms with van der Waals surface area (Å²) in [5, 5.41) is 4.83. The monoisotopic (exact) mass is 282 g/mol.